The van der Waals surface area contributed by atoms with Gasteiger partial charge in [0.25, 0.3) is 0 Å². The van der Waals surface area contributed by atoms with Crippen LogP contribution in [0.25, 0.3) is 0 Å². The Kier molecular flexibility index (Phi) is 41.9. The molecule has 0 aromatic rings. The summed E-state index contributed by atoms with van der Waals surface area (Å²) in [5.74, 6) is -1.77. The smallest absolute Gasteiger partial charge is 0.472 e. The number of rotatable bonds is 46. The van der Waals surface area contributed by atoms with Gasteiger partial charge in [-0.2, -0.15) is 0 Å². The van der Waals surface area contributed by atoms with Gasteiger partial charge in [0.2, 0.25) is 0 Å². The predicted octanol–water partition coefficient (Wildman–Crippen LogP) is 13.3. The molecule has 0 aromatic heterocycles. The average molecular weight is 832 g/mol. The zero-order chi connectivity index (χ0) is 41.9. The van der Waals surface area contributed by atoms with Gasteiger partial charge in [0.15, 0.2) is 0 Å². The van der Waals surface area contributed by atoms with Gasteiger partial charge in [0.05, 0.1) is 19.8 Å². The zero-order valence-corrected chi connectivity index (χ0v) is 37.9. The number of aliphatic carboxylic acids is 1. The number of nitrogens with two attached hydrogens (primary N) is 1. The van der Waals surface area contributed by atoms with Crippen LogP contribution >= 0.6 is 7.82 Å². The highest BCUT2D eigenvalue weighted by atomic mass is 31.2. The van der Waals surface area contributed by atoms with Crippen LogP contribution < -0.4 is 5.73 Å². The Labute approximate surface area is 350 Å². The summed E-state index contributed by atoms with van der Waals surface area (Å²) >= 11 is 0. The second kappa shape index (κ2) is 42.8. The largest absolute Gasteiger partial charge is 0.480 e. The van der Waals surface area contributed by atoms with Gasteiger partial charge in [-0.3, -0.25) is 18.6 Å². The molecule has 0 heterocycles. The van der Waals surface area contributed by atoms with Crippen molar-refractivity contribution < 1.29 is 42.7 Å². The van der Waals surface area contributed by atoms with Gasteiger partial charge < -0.3 is 25.2 Å². The molecular weight excluding hydrogens is 741 g/mol. The normalized spacial score (nSPS) is 13.9. The summed E-state index contributed by atoms with van der Waals surface area (Å²) < 4.78 is 33.4. The molecule has 57 heavy (non-hydrogen) atoms. The van der Waals surface area contributed by atoms with Gasteiger partial charge in [0, 0.05) is 13.0 Å². The van der Waals surface area contributed by atoms with E-state index in [-0.39, 0.29) is 13.0 Å². The van der Waals surface area contributed by atoms with Gasteiger partial charge >= 0.3 is 19.8 Å². The minimum absolute atomic E-state index is 0.0225. The molecule has 0 rings (SSSR count). The van der Waals surface area contributed by atoms with Crippen LogP contribution in [0.4, 0.5) is 0 Å². The Morgan fingerprint density at radius 1 is 0.544 bits per heavy atom. The van der Waals surface area contributed by atoms with Gasteiger partial charge in [-0.05, 0) is 38.5 Å². The van der Waals surface area contributed by atoms with Crippen LogP contribution in [0.3, 0.4) is 0 Å². The number of phosphoric ester groups is 1. The van der Waals surface area contributed by atoms with Crippen LogP contribution in [0.15, 0.2) is 12.2 Å². The van der Waals surface area contributed by atoms with E-state index in [1.54, 1.807) is 0 Å². The Morgan fingerprint density at radius 2 is 0.912 bits per heavy atom. The van der Waals surface area contributed by atoms with Crippen LogP contribution in [0.2, 0.25) is 0 Å². The highest BCUT2D eigenvalue weighted by Gasteiger charge is 2.27. The summed E-state index contributed by atoms with van der Waals surface area (Å²) in [6.45, 7) is 3.91. The number of carbonyl (C=O) groups excluding carboxylic acids is 1. The molecule has 0 amide bonds. The lowest BCUT2D eigenvalue weighted by atomic mass is 10.0. The Morgan fingerprint density at radius 3 is 1.33 bits per heavy atom. The van der Waals surface area contributed by atoms with Gasteiger partial charge in [0.1, 0.15) is 12.1 Å². The molecule has 3 atom stereocenters. The molecule has 4 N–H and O–H groups in total. The summed E-state index contributed by atoms with van der Waals surface area (Å²) in [7, 11) is -4.61. The van der Waals surface area contributed by atoms with E-state index < -0.39 is 45.1 Å². The first-order valence-corrected chi connectivity index (χ1v) is 25.2. The Balaban J connectivity index is 4.04. The number of carbonyl (C=O) groups is 2. The quantitative estimate of drug-likeness (QED) is 0.0234. The number of esters is 1. The van der Waals surface area contributed by atoms with Crippen LogP contribution in [0, 0.1) is 0 Å². The first kappa shape index (κ1) is 55.7. The molecule has 0 saturated heterocycles. The molecule has 0 fully saturated rings. The Hall–Kier alpha value is -1.29. The van der Waals surface area contributed by atoms with Crippen molar-refractivity contribution in [2.75, 3.05) is 26.4 Å². The molecule has 0 aliphatic rings. The van der Waals surface area contributed by atoms with Crippen molar-refractivity contribution >= 4 is 19.8 Å². The maximum atomic E-state index is 12.6. The van der Waals surface area contributed by atoms with Crippen molar-refractivity contribution in [3.8, 4) is 0 Å². The number of carboxylic acid groups (broad SMARTS) is 1. The van der Waals surface area contributed by atoms with Crippen LogP contribution in [-0.2, 0) is 32.7 Å². The third-order valence-electron chi connectivity index (χ3n) is 10.5. The molecular formula is C46H90NO9P. The summed E-state index contributed by atoms with van der Waals surface area (Å²) in [4.78, 5) is 33.5. The number of ether oxygens (including phenoxy) is 2. The maximum absolute atomic E-state index is 12.6. The predicted molar refractivity (Wildman–Crippen MR) is 236 cm³/mol. The lowest BCUT2D eigenvalue weighted by molar-refractivity contribution is -0.154. The Bertz CT molecular complexity index is 966. The van der Waals surface area contributed by atoms with E-state index in [0.29, 0.717) is 6.61 Å². The van der Waals surface area contributed by atoms with Crippen molar-refractivity contribution in [2.24, 2.45) is 5.73 Å². The fourth-order valence-corrected chi connectivity index (χ4v) is 7.61. The number of phosphoric acid groups is 1. The number of hydrogen-bond donors (Lipinski definition) is 3. The van der Waals surface area contributed by atoms with Crippen LogP contribution in [0.1, 0.15) is 232 Å². The van der Waals surface area contributed by atoms with Crippen LogP contribution in [-0.4, -0.2) is 60.5 Å². The van der Waals surface area contributed by atoms with Crippen LogP contribution in [0.5, 0.6) is 0 Å². The lowest BCUT2D eigenvalue weighted by Gasteiger charge is -2.20. The van der Waals surface area contributed by atoms with Crippen molar-refractivity contribution in [2.45, 2.75) is 244 Å². The second-order valence-electron chi connectivity index (χ2n) is 16.2. The highest BCUT2D eigenvalue weighted by molar-refractivity contribution is 7.47. The molecule has 11 heteroatoms. The van der Waals surface area contributed by atoms with E-state index in [0.717, 1.165) is 38.5 Å². The number of unbranched alkanes of at least 4 members (excludes halogenated alkanes) is 30. The monoisotopic (exact) mass is 832 g/mol. The van der Waals surface area contributed by atoms with Crippen molar-refractivity contribution in [3.63, 3.8) is 0 Å². The zero-order valence-electron chi connectivity index (χ0n) is 37.0. The fraction of sp³-hybridized carbons (Fsp3) is 0.913. The standard InChI is InChI=1S/C46H90NO9P/c1-3-5-7-9-11-13-15-16-17-18-19-20-21-22-23-24-25-26-27-29-31-33-35-37-39-53-40-43(41-54-57(51,52)55-42-44(47)46(49)50)56-45(48)38-36-34-32-30-28-14-12-10-8-6-4-2/h18-19,43-44H,3-17,20-42,47H2,1-2H3,(H,49,50)(H,51,52)/b19-18-. The molecule has 0 bridgehead atoms. The summed E-state index contributed by atoms with van der Waals surface area (Å²) in [5.41, 5.74) is 5.36. The lowest BCUT2D eigenvalue weighted by Crippen LogP contribution is -2.34. The number of allylic oxidation sites excluding steroid dienone is 2. The van der Waals surface area contributed by atoms with E-state index in [9.17, 15) is 19.0 Å². The molecule has 0 spiro atoms. The van der Waals surface area contributed by atoms with E-state index in [1.807, 2.05) is 0 Å². The van der Waals surface area contributed by atoms with E-state index in [1.165, 1.54) is 173 Å². The van der Waals surface area contributed by atoms with Crippen molar-refractivity contribution in [3.05, 3.63) is 12.2 Å². The second-order valence-corrected chi connectivity index (χ2v) is 17.7. The number of hydrogen-bond acceptors (Lipinski definition) is 8. The molecule has 338 valence electrons. The first-order chi connectivity index (χ1) is 27.7. The third-order valence-corrected chi connectivity index (χ3v) is 11.5. The van der Waals surface area contributed by atoms with E-state index >= 15 is 0 Å². The summed E-state index contributed by atoms with van der Waals surface area (Å²) in [6, 6.07) is -1.47. The third kappa shape index (κ3) is 42.6. The molecule has 0 saturated carbocycles. The van der Waals surface area contributed by atoms with Gasteiger partial charge in [-0.25, -0.2) is 4.57 Å². The minimum Gasteiger partial charge on any atom is -0.480 e. The van der Waals surface area contributed by atoms with Crippen molar-refractivity contribution in [1.82, 2.24) is 0 Å². The SMILES string of the molecule is CCCCCCCCCC/C=C\CCCCCCCCCCCCCCOCC(COP(=O)(O)OCC(N)C(=O)O)OC(=O)CCCCCCCCCCCCC. The molecule has 0 aromatic carbocycles. The average Bonchev–Trinajstić information content (AvgIpc) is 3.19. The van der Waals surface area contributed by atoms with Gasteiger partial charge in [-0.15, -0.1) is 0 Å². The number of carboxylic acids is 1. The molecule has 0 radical (unpaired) electrons. The molecule has 3 unspecified atom stereocenters. The topological polar surface area (TPSA) is 155 Å². The fourth-order valence-electron chi connectivity index (χ4n) is 6.84. The van der Waals surface area contributed by atoms with Crippen molar-refractivity contribution in [1.29, 1.82) is 0 Å². The highest BCUT2D eigenvalue weighted by Crippen LogP contribution is 2.43. The van der Waals surface area contributed by atoms with E-state index in [2.05, 4.69) is 26.0 Å². The molecule has 10 nitrogen and oxygen atoms in total. The molecule has 0 aliphatic carbocycles. The maximum Gasteiger partial charge on any atom is 0.472 e. The summed E-state index contributed by atoms with van der Waals surface area (Å²) in [6.07, 6.45) is 45.6. The minimum atomic E-state index is -4.61. The van der Waals surface area contributed by atoms with Gasteiger partial charge in [-0.1, -0.05) is 199 Å². The van der Waals surface area contributed by atoms with E-state index in [4.69, 9.17) is 29.4 Å². The summed E-state index contributed by atoms with van der Waals surface area (Å²) in [5, 5.41) is 8.90. The first-order valence-electron chi connectivity index (χ1n) is 23.7. The molecule has 0 aliphatic heterocycles.